The number of rotatable bonds is 1. The molecule has 2 N–H and O–H groups in total. The zero-order valence-corrected chi connectivity index (χ0v) is 13.4. The normalized spacial score (nSPS) is 18.1. The van der Waals surface area contributed by atoms with Crippen molar-refractivity contribution in [2.24, 2.45) is 0 Å². The first-order valence-corrected chi connectivity index (χ1v) is 7.91. The molecule has 2 heterocycles. The van der Waals surface area contributed by atoms with Gasteiger partial charge in [-0.3, -0.25) is 4.79 Å². The molecule has 0 radical (unpaired) electrons. The van der Waals surface area contributed by atoms with Crippen molar-refractivity contribution >= 4 is 33.0 Å². The minimum atomic E-state index is -0.296. The molecule has 1 amide bonds. The maximum absolute atomic E-state index is 12.8. The number of amides is 1. The predicted molar refractivity (Wildman–Crippen MR) is 86.9 cm³/mol. The molecule has 1 saturated heterocycles. The number of fused-ring (bicyclic) bond motifs is 1. The van der Waals surface area contributed by atoms with Gasteiger partial charge in [-0.1, -0.05) is 12.1 Å². The van der Waals surface area contributed by atoms with Crippen molar-refractivity contribution in [2.45, 2.75) is 26.4 Å². The zero-order chi connectivity index (χ0) is 15.2. The molecular formula is C16H20N2O2S. The minimum Gasteiger partial charge on any atom is -0.397 e. The Morgan fingerprint density at radius 2 is 2.19 bits per heavy atom. The summed E-state index contributed by atoms with van der Waals surface area (Å²) in [6.07, 6.45) is 0. The molecule has 2 aromatic rings. The van der Waals surface area contributed by atoms with E-state index in [1.807, 2.05) is 37.8 Å². The fourth-order valence-corrected chi connectivity index (χ4v) is 3.91. The van der Waals surface area contributed by atoms with Gasteiger partial charge in [0.25, 0.3) is 5.91 Å². The average Bonchev–Trinajstić information content (AvgIpc) is 2.73. The Balaban J connectivity index is 1.96. The van der Waals surface area contributed by atoms with Gasteiger partial charge in [-0.25, -0.2) is 0 Å². The van der Waals surface area contributed by atoms with Crippen molar-refractivity contribution in [3.63, 3.8) is 0 Å². The molecule has 1 aromatic carbocycles. The Bertz CT molecular complexity index is 706. The van der Waals surface area contributed by atoms with E-state index in [4.69, 9.17) is 10.5 Å². The van der Waals surface area contributed by atoms with E-state index in [1.165, 1.54) is 16.9 Å². The van der Waals surface area contributed by atoms with Crippen LogP contribution in [-0.4, -0.2) is 36.1 Å². The number of carbonyl (C=O) groups excluding carboxylic acids is 1. The van der Waals surface area contributed by atoms with E-state index < -0.39 is 0 Å². The van der Waals surface area contributed by atoms with Gasteiger partial charge in [-0.15, -0.1) is 11.3 Å². The van der Waals surface area contributed by atoms with E-state index in [-0.39, 0.29) is 11.5 Å². The van der Waals surface area contributed by atoms with E-state index in [1.54, 1.807) is 0 Å². The van der Waals surface area contributed by atoms with E-state index in [9.17, 15) is 4.79 Å². The number of anilines is 1. The van der Waals surface area contributed by atoms with E-state index in [0.29, 0.717) is 30.3 Å². The molecule has 112 valence electrons. The van der Waals surface area contributed by atoms with Gasteiger partial charge in [-0.2, -0.15) is 0 Å². The molecule has 4 nitrogen and oxygen atoms in total. The summed E-state index contributed by atoms with van der Waals surface area (Å²) in [7, 11) is 0. The molecule has 1 aliphatic rings. The Morgan fingerprint density at radius 1 is 1.43 bits per heavy atom. The van der Waals surface area contributed by atoms with Crippen LogP contribution >= 0.6 is 11.3 Å². The van der Waals surface area contributed by atoms with Crippen LogP contribution < -0.4 is 5.73 Å². The number of nitrogens with zero attached hydrogens (tertiary/aromatic N) is 1. The summed E-state index contributed by atoms with van der Waals surface area (Å²) in [6, 6.07) is 6.10. The molecule has 0 aliphatic carbocycles. The lowest BCUT2D eigenvalue weighted by Gasteiger charge is -2.38. The number of thiophene rings is 1. The zero-order valence-electron chi connectivity index (χ0n) is 12.6. The van der Waals surface area contributed by atoms with Crippen molar-refractivity contribution in [3.05, 3.63) is 28.6 Å². The van der Waals surface area contributed by atoms with Crippen molar-refractivity contribution in [3.8, 4) is 0 Å². The van der Waals surface area contributed by atoms with Crippen LogP contribution in [0.15, 0.2) is 18.2 Å². The smallest absolute Gasteiger partial charge is 0.266 e. The summed E-state index contributed by atoms with van der Waals surface area (Å²) in [6.45, 7) is 7.84. The fourth-order valence-electron chi connectivity index (χ4n) is 2.72. The standard InChI is InChI=1S/C16H20N2O2S/c1-10-4-5-11-12(8-10)21-14(13(11)17)15(19)18-6-7-20-16(2,3)9-18/h4-5,8H,6-7,9,17H2,1-3H3. The molecular weight excluding hydrogens is 284 g/mol. The minimum absolute atomic E-state index is 0.0164. The lowest BCUT2D eigenvalue weighted by atomic mass is 10.1. The van der Waals surface area contributed by atoms with Crippen LogP contribution in [-0.2, 0) is 4.74 Å². The third kappa shape index (κ3) is 2.63. The van der Waals surface area contributed by atoms with Crippen molar-refractivity contribution < 1.29 is 9.53 Å². The maximum atomic E-state index is 12.8. The second-order valence-electron chi connectivity index (χ2n) is 6.18. The van der Waals surface area contributed by atoms with Crippen LogP contribution in [0.3, 0.4) is 0 Å². The molecule has 5 heteroatoms. The molecule has 0 saturated carbocycles. The molecule has 3 rings (SSSR count). The Kier molecular flexibility index (Phi) is 3.42. The number of benzene rings is 1. The van der Waals surface area contributed by atoms with Crippen LogP contribution in [0.4, 0.5) is 5.69 Å². The molecule has 1 aliphatic heterocycles. The summed E-state index contributed by atoms with van der Waals surface area (Å²) in [5.41, 5.74) is 7.68. The lowest BCUT2D eigenvalue weighted by molar-refractivity contribution is -0.0762. The van der Waals surface area contributed by atoms with E-state index in [0.717, 1.165) is 10.1 Å². The Morgan fingerprint density at radius 3 is 2.90 bits per heavy atom. The SMILES string of the molecule is Cc1ccc2c(N)c(C(=O)N3CCOC(C)(C)C3)sc2c1. The van der Waals surface area contributed by atoms with Crippen LogP contribution in [0.5, 0.6) is 0 Å². The Hall–Kier alpha value is -1.59. The first-order chi connectivity index (χ1) is 9.87. The fraction of sp³-hybridized carbons (Fsp3) is 0.438. The van der Waals surface area contributed by atoms with Gasteiger partial charge in [-0.05, 0) is 32.4 Å². The highest BCUT2D eigenvalue weighted by Gasteiger charge is 2.32. The summed E-state index contributed by atoms with van der Waals surface area (Å²) in [4.78, 5) is 15.3. The summed E-state index contributed by atoms with van der Waals surface area (Å²) < 4.78 is 6.74. The van der Waals surface area contributed by atoms with Crippen LogP contribution in [0, 0.1) is 6.92 Å². The highest BCUT2D eigenvalue weighted by atomic mass is 32.1. The highest BCUT2D eigenvalue weighted by Crippen LogP contribution is 2.35. The number of morpholine rings is 1. The number of carbonyl (C=O) groups is 1. The lowest BCUT2D eigenvalue weighted by Crippen LogP contribution is -2.50. The van der Waals surface area contributed by atoms with E-state index in [2.05, 4.69) is 6.07 Å². The summed E-state index contributed by atoms with van der Waals surface area (Å²) >= 11 is 1.48. The second kappa shape index (κ2) is 5.00. The van der Waals surface area contributed by atoms with Gasteiger partial charge in [0, 0.05) is 23.2 Å². The maximum Gasteiger partial charge on any atom is 0.266 e. The molecule has 1 aromatic heterocycles. The third-order valence-corrected chi connectivity index (χ3v) is 4.95. The number of hydrogen-bond acceptors (Lipinski definition) is 4. The van der Waals surface area contributed by atoms with Gasteiger partial charge >= 0.3 is 0 Å². The monoisotopic (exact) mass is 304 g/mol. The van der Waals surface area contributed by atoms with Gasteiger partial charge in [0.15, 0.2) is 0 Å². The summed E-state index contributed by atoms with van der Waals surface area (Å²) in [5.74, 6) is 0.0164. The van der Waals surface area contributed by atoms with Gasteiger partial charge < -0.3 is 15.4 Å². The summed E-state index contributed by atoms with van der Waals surface area (Å²) in [5, 5.41) is 0.974. The van der Waals surface area contributed by atoms with Gasteiger partial charge in [0.1, 0.15) is 4.88 Å². The number of nitrogens with two attached hydrogens (primary N) is 1. The number of ether oxygens (including phenoxy) is 1. The number of nitrogen functional groups attached to an aromatic ring is 1. The largest absolute Gasteiger partial charge is 0.397 e. The van der Waals surface area contributed by atoms with Crippen LogP contribution in [0.2, 0.25) is 0 Å². The molecule has 21 heavy (non-hydrogen) atoms. The van der Waals surface area contributed by atoms with Crippen LogP contribution in [0.25, 0.3) is 10.1 Å². The van der Waals surface area contributed by atoms with Crippen molar-refractivity contribution in [1.82, 2.24) is 4.90 Å². The number of hydrogen-bond donors (Lipinski definition) is 1. The quantitative estimate of drug-likeness (QED) is 0.881. The van der Waals surface area contributed by atoms with Gasteiger partial charge in [0.05, 0.1) is 17.9 Å². The molecule has 1 fully saturated rings. The molecule has 0 spiro atoms. The van der Waals surface area contributed by atoms with Gasteiger partial charge in [0.2, 0.25) is 0 Å². The predicted octanol–water partition coefficient (Wildman–Crippen LogP) is 3.04. The third-order valence-electron chi connectivity index (χ3n) is 3.79. The number of aryl methyl sites for hydroxylation is 1. The van der Waals surface area contributed by atoms with Crippen molar-refractivity contribution in [1.29, 1.82) is 0 Å². The topological polar surface area (TPSA) is 55.6 Å². The first kappa shape index (κ1) is 14.4. The second-order valence-corrected chi connectivity index (χ2v) is 7.23. The highest BCUT2D eigenvalue weighted by molar-refractivity contribution is 7.21. The van der Waals surface area contributed by atoms with Crippen LogP contribution in [0.1, 0.15) is 29.1 Å². The first-order valence-electron chi connectivity index (χ1n) is 7.09. The average molecular weight is 304 g/mol. The Labute approximate surface area is 128 Å². The van der Waals surface area contributed by atoms with E-state index >= 15 is 0 Å². The van der Waals surface area contributed by atoms with Crippen molar-refractivity contribution in [2.75, 3.05) is 25.4 Å². The molecule has 0 atom stereocenters. The molecule has 0 bridgehead atoms. The molecule has 0 unspecified atom stereocenters.